The van der Waals surface area contributed by atoms with Gasteiger partial charge in [0.1, 0.15) is 0 Å². The van der Waals surface area contributed by atoms with Crippen LogP contribution >= 0.6 is 69.6 Å². The van der Waals surface area contributed by atoms with Crippen LogP contribution in [-0.4, -0.2) is 119 Å². The normalized spacial score (nSPS) is 20.6. The van der Waals surface area contributed by atoms with Crippen molar-refractivity contribution in [3.8, 4) is 0 Å². The fourth-order valence-electron chi connectivity index (χ4n) is 10.1. The van der Waals surface area contributed by atoms with E-state index in [0.29, 0.717) is 69.8 Å². The third kappa shape index (κ3) is 25.6. The molecule has 12 nitrogen and oxygen atoms in total. The second-order valence-electron chi connectivity index (χ2n) is 22.7. The predicted octanol–water partition coefficient (Wildman–Crippen LogP) is 13.8. The lowest BCUT2D eigenvalue weighted by molar-refractivity contribution is 0.230. The summed E-state index contributed by atoms with van der Waals surface area (Å²) in [7, 11) is -1.47. The molecule has 0 saturated carbocycles. The van der Waals surface area contributed by atoms with Gasteiger partial charge in [-0.25, -0.2) is 0 Å². The first-order valence-electron chi connectivity index (χ1n) is 29.8. The molecular formula is C66H90B6Cl6O12. The summed E-state index contributed by atoms with van der Waals surface area (Å²) in [6, 6.07) is 35.2. The van der Waals surface area contributed by atoms with Crippen molar-refractivity contribution in [1.82, 2.24) is 0 Å². The molecule has 486 valence electrons. The average Bonchev–Trinajstić information content (AvgIpc) is 2.18. The van der Waals surface area contributed by atoms with Gasteiger partial charge in [0, 0.05) is 30.1 Å². The molecule has 12 rings (SSSR count). The lowest BCUT2D eigenvalue weighted by Crippen LogP contribution is -2.32. The summed E-state index contributed by atoms with van der Waals surface area (Å²) in [5, 5.41) is 3.59. The van der Waals surface area contributed by atoms with Crippen LogP contribution in [0.4, 0.5) is 0 Å². The Balaban J connectivity index is 0.000000229. The van der Waals surface area contributed by atoms with E-state index >= 15 is 0 Å². The average molecular weight is 1350 g/mol. The second kappa shape index (κ2) is 39.1. The summed E-state index contributed by atoms with van der Waals surface area (Å²) in [5.41, 5.74) is 13.6. The highest BCUT2D eigenvalue weighted by Gasteiger charge is 2.36. The summed E-state index contributed by atoms with van der Waals surface area (Å²) < 4.78 is 67.1. The van der Waals surface area contributed by atoms with Gasteiger partial charge in [0.05, 0.1) is 76.3 Å². The molecule has 6 fully saturated rings. The van der Waals surface area contributed by atoms with E-state index in [0.717, 1.165) is 52.0 Å². The first-order chi connectivity index (χ1) is 41.5. The molecule has 0 radical (unpaired) electrons. The minimum absolute atomic E-state index is 0. The quantitative estimate of drug-likeness (QED) is 0.129. The van der Waals surface area contributed by atoms with Crippen LogP contribution < -0.4 is 32.8 Å². The fourth-order valence-corrected chi connectivity index (χ4v) is 11.8. The van der Waals surface area contributed by atoms with Gasteiger partial charge in [-0.05, 0) is 169 Å². The zero-order chi connectivity index (χ0) is 62.9. The molecule has 6 aromatic carbocycles. The van der Waals surface area contributed by atoms with Crippen molar-refractivity contribution in [3.63, 3.8) is 0 Å². The molecule has 0 spiro atoms. The first kappa shape index (κ1) is 79.4. The van der Waals surface area contributed by atoms with E-state index in [1.165, 1.54) is 33.4 Å². The number of hydrogen-bond acceptors (Lipinski definition) is 12. The molecule has 6 aliphatic rings. The zero-order valence-corrected chi connectivity index (χ0v) is 56.4. The van der Waals surface area contributed by atoms with Gasteiger partial charge in [-0.1, -0.05) is 201 Å². The Hall–Kier alpha value is -3.03. The van der Waals surface area contributed by atoms with E-state index in [4.69, 9.17) is 125 Å². The van der Waals surface area contributed by atoms with Gasteiger partial charge in [-0.15, -0.1) is 0 Å². The monoisotopic (exact) mass is 1350 g/mol. The van der Waals surface area contributed by atoms with Crippen molar-refractivity contribution in [2.75, 3.05) is 39.6 Å². The maximum Gasteiger partial charge on any atom is 0.494 e. The van der Waals surface area contributed by atoms with Crippen LogP contribution in [-0.2, 0) is 55.9 Å². The van der Waals surface area contributed by atoms with Crippen molar-refractivity contribution >= 4 is 145 Å². The Morgan fingerprint density at radius 3 is 0.622 bits per heavy atom. The smallest absolute Gasteiger partial charge is 0.405 e. The number of benzene rings is 6. The minimum atomic E-state index is -0.332. The van der Waals surface area contributed by atoms with Crippen molar-refractivity contribution < 1.29 is 55.9 Å². The van der Waals surface area contributed by atoms with E-state index < -0.39 is 0 Å². The van der Waals surface area contributed by atoms with E-state index in [2.05, 4.69) is 117 Å². The van der Waals surface area contributed by atoms with Crippen LogP contribution in [0, 0.1) is 41.5 Å². The van der Waals surface area contributed by atoms with Crippen molar-refractivity contribution in [2.24, 2.45) is 0 Å². The maximum absolute atomic E-state index is 5.90. The topological polar surface area (TPSA) is 111 Å². The van der Waals surface area contributed by atoms with Crippen molar-refractivity contribution in [1.29, 1.82) is 0 Å². The van der Waals surface area contributed by atoms with Gasteiger partial charge in [-0.2, -0.15) is 0 Å². The lowest BCUT2D eigenvalue weighted by atomic mass is 9.78. The summed E-state index contributed by atoms with van der Waals surface area (Å²) >= 11 is 35.3. The van der Waals surface area contributed by atoms with Crippen LogP contribution in [0.3, 0.4) is 0 Å². The van der Waals surface area contributed by atoms with Crippen LogP contribution in [0.15, 0.2) is 109 Å². The largest absolute Gasteiger partial charge is 0.494 e. The Bertz CT molecular complexity index is 2710. The number of halogens is 6. The summed E-state index contributed by atoms with van der Waals surface area (Å²) in [5.74, 6) is 0. The van der Waals surface area contributed by atoms with Gasteiger partial charge in [0.2, 0.25) is 0 Å². The predicted molar refractivity (Wildman–Crippen MR) is 383 cm³/mol. The van der Waals surface area contributed by atoms with Crippen LogP contribution in [0.2, 0.25) is 30.1 Å². The highest BCUT2D eigenvalue weighted by molar-refractivity contribution is 6.64. The molecule has 0 aromatic heterocycles. The fraction of sp³-hybridized carbons (Fsp3) is 0.455. The van der Waals surface area contributed by atoms with Gasteiger partial charge >= 0.3 is 42.7 Å². The molecular weight excluding hydrogens is 1260 g/mol. The molecule has 6 saturated heterocycles. The number of rotatable bonds is 9. The standard InChI is InChI=1S/2C12H17BO2.C11H15BO2.C10H11BCl2O2.2C9H9BCl2O2.3CH4/c2*1-4-12-8-14-13(15-12)11-6-9(2)5-10(3)7-11;1-8-4-9(2)6-11(5-8)12-13-7-10(3)14-12;1-2-10-6-14-11(15-10)7-3-8(12)5-9(13)4-7;2*1-6-5-13-10(14-6)7-2-8(11)4-9(12)3-7;;;/h2*5-7,12H,4,8H2,1-3H3;4-6,10H,7H2,1-3H3;3-5,10H,2,6H2,1H3;2*2-4,6H,5H2,1H3;3*1H4. The third-order valence-electron chi connectivity index (χ3n) is 14.1. The highest BCUT2D eigenvalue weighted by Crippen LogP contribution is 2.21. The Morgan fingerprint density at radius 2 is 0.456 bits per heavy atom. The van der Waals surface area contributed by atoms with Crippen LogP contribution in [0.5, 0.6) is 0 Å². The SMILES string of the molecule is C.C.C.CC1COB(c2cc(Cl)cc(Cl)c2)O1.CC1COB(c2cc(Cl)cc(Cl)c2)O1.CCC1COB(c2cc(C)cc(C)c2)O1.CCC1COB(c2cc(C)cc(C)c2)O1.CCC1COB(c2cc(Cl)cc(Cl)c2)O1.Cc1cc(C)cc(B2OCC(C)O2)c1. The molecule has 24 heteroatoms. The highest BCUT2D eigenvalue weighted by atomic mass is 35.5. The van der Waals surface area contributed by atoms with Gasteiger partial charge in [-0.3, -0.25) is 0 Å². The van der Waals surface area contributed by atoms with Gasteiger partial charge in [0.15, 0.2) is 0 Å². The number of hydrogen-bond donors (Lipinski definition) is 0. The third-order valence-corrected chi connectivity index (χ3v) is 15.5. The molecule has 6 aromatic rings. The lowest BCUT2D eigenvalue weighted by Gasteiger charge is -2.08. The number of aryl methyl sites for hydroxylation is 6. The molecule has 6 unspecified atom stereocenters. The Labute approximate surface area is 570 Å². The summed E-state index contributed by atoms with van der Waals surface area (Å²) in [4.78, 5) is 0. The van der Waals surface area contributed by atoms with E-state index in [1.807, 2.05) is 32.9 Å². The molecule has 0 amide bonds. The molecule has 90 heavy (non-hydrogen) atoms. The molecule has 0 N–H and O–H groups in total. The molecule has 6 heterocycles. The molecule has 6 atom stereocenters. The van der Waals surface area contributed by atoms with Gasteiger partial charge < -0.3 is 55.9 Å². The molecule has 0 aliphatic carbocycles. The summed E-state index contributed by atoms with van der Waals surface area (Å²) in [6.45, 7) is 28.8. The minimum Gasteiger partial charge on any atom is -0.405 e. The molecule has 6 aliphatic heterocycles. The van der Waals surface area contributed by atoms with Crippen molar-refractivity contribution in [3.05, 3.63) is 173 Å². The van der Waals surface area contributed by atoms with E-state index in [9.17, 15) is 0 Å². The second-order valence-corrected chi connectivity index (χ2v) is 25.3. The Kier molecular flexibility index (Phi) is 34.5. The zero-order valence-electron chi connectivity index (χ0n) is 51.9. The Morgan fingerprint density at radius 1 is 0.278 bits per heavy atom. The van der Waals surface area contributed by atoms with E-state index in [1.54, 1.807) is 42.5 Å². The molecule has 0 bridgehead atoms. The van der Waals surface area contributed by atoms with Crippen LogP contribution in [0.25, 0.3) is 0 Å². The van der Waals surface area contributed by atoms with E-state index in [-0.39, 0.29) is 102 Å². The van der Waals surface area contributed by atoms with Crippen molar-refractivity contribution in [2.45, 2.75) is 161 Å². The van der Waals surface area contributed by atoms with Crippen LogP contribution in [0.1, 0.15) is 116 Å². The van der Waals surface area contributed by atoms with Gasteiger partial charge in [0.25, 0.3) is 0 Å². The maximum atomic E-state index is 5.90. The first-order valence-corrected chi connectivity index (χ1v) is 32.0. The summed E-state index contributed by atoms with van der Waals surface area (Å²) in [6.07, 6.45) is 4.13.